The molecule has 0 aliphatic carbocycles. The average Bonchev–Trinajstić information content (AvgIpc) is 2.67. The first-order chi connectivity index (χ1) is 12.6. The fraction of sp³-hybridized carbons (Fsp3) is 0.105. The lowest BCUT2D eigenvalue weighted by molar-refractivity contribution is -0.144. The van der Waals surface area contributed by atoms with Crippen molar-refractivity contribution in [2.24, 2.45) is 5.16 Å². The highest BCUT2D eigenvalue weighted by molar-refractivity contribution is 6.33. The van der Waals surface area contributed by atoms with Crippen LogP contribution in [0.5, 0.6) is 0 Å². The Balaban J connectivity index is 2.05. The molecular formula is C19H15ClN2O4. The van der Waals surface area contributed by atoms with Gasteiger partial charge < -0.3 is 14.6 Å². The van der Waals surface area contributed by atoms with Crippen LogP contribution in [0.2, 0.25) is 5.02 Å². The second kappa shape index (κ2) is 7.84. The predicted molar refractivity (Wildman–Crippen MR) is 97.6 cm³/mol. The van der Waals surface area contributed by atoms with Crippen LogP contribution in [0.3, 0.4) is 0 Å². The molecule has 26 heavy (non-hydrogen) atoms. The number of nitrogens with one attached hydrogen (secondary N) is 1. The number of hydrogen-bond donors (Lipinski definition) is 1. The summed E-state index contributed by atoms with van der Waals surface area (Å²) in [5.74, 6) is -1.02. The van der Waals surface area contributed by atoms with Crippen molar-refractivity contribution in [1.29, 1.82) is 0 Å². The van der Waals surface area contributed by atoms with Gasteiger partial charge in [0.05, 0.1) is 10.7 Å². The van der Waals surface area contributed by atoms with E-state index in [2.05, 4.69) is 10.5 Å². The smallest absolute Gasteiger partial charge is 0.334 e. The quantitative estimate of drug-likeness (QED) is 0.553. The maximum atomic E-state index is 12.7. The number of para-hydroxylation sites is 2. The first-order valence-corrected chi connectivity index (χ1v) is 8.29. The minimum atomic E-state index is -0.536. The summed E-state index contributed by atoms with van der Waals surface area (Å²) in [6.07, 6.45) is 0.151. The van der Waals surface area contributed by atoms with Gasteiger partial charge in [-0.05, 0) is 29.4 Å². The van der Waals surface area contributed by atoms with E-state index in [0.29, 0.717) is 21.7 Å². The minimum absolute atomic E-state index is 0.102. The largest absolute Gasteiger partial charge is 0.435 e. The molecule has 0 bridgehead atoms. The molecule has 1 aromatic heterocycles. The van der Waals surface area contributed by atoms with E-state index in [0.717, 1.165) is 0 Å². The minimum Gasteiger partial charge on any atom is -0.435 e. The Morgan fingerprint density at radius 1 is 1.15 bits per heavy atom. The number of anilines is 1. The van der Waals surface area contributed by atoms with E-state index < -0.39 is 11.9 Å². The van der Waals surface area contributed by atoms with Crippen LogP contribution in [-0.4, -0.2) is 11.9 Å². The van der Waals surface area contributed by atoms with E-state index in [1.165, 1.54) is 0 Å². The van der Waals surface area contributed by atoms with Gasteiger partial charge in [-0.3, -0.25) is 4.79 Å². The average molecular weight is 371 g/mol. The Labute approximate surface area is 154 Å². The lowest BCUT2D eigenvalue weighted by atomic mass is 10.1. The van der Waals surface area contributed by atoms with Crippen LogP contribution in [0.15, 0.2) is 64.2 Å². The van der Waals surface area contributed by atoms with Crippen LogP contribution < -0.4 is 10.9 Å². The molecule has 3 aromatic rings. The van der Waals surface area contributed by atoms with Gasteiger partial charge >= 0.3 is 5.97 Å². The number of fused-ring (bicyclic) bond motifs is 1. The number of amides is 1. The van der Waals surface area contributed by atoms with Crippen molar-refractivity contribution in [2.45, 2.75) is 13.3 Å². The van der Waals surface area contributed by atoms with Gasteiger partial charge in [0.25, 0.3) is 11.5 Å². The van der Waals surface area contributed by atoms with E-state index in [-0.39, 0.29) is 17.5 Å². The van der Waals surface area contributed by atoms with Crippen molar-refractivity contribution in [3.8, 4) is 0 Å². The zero-order valence-corrected chi connectivity index (χ0v) is 14.6. The van der Waals surface area contributed by atoms with Crippen molar-refractivity contribution in [3.05, 3.63) is 70.7 Å². The predicted octanol–water partition coefficient (Wildman–Crippen LogP) is 4.11. The van der Waals surface area contributed by atoms with Crippen LogP contribution in [0.1, 0.15) is 23.7 Å². The molecule has 1 amide bonds. The third kappa shape index (κ3) is 3.92. The number of carbonyl (C=O) groups is 2. The number of halogens is 1. The van der Waals surface area contributed by atoms with Gasteiger partial charge in [0.1, 0.15) is 11.1 Å². The van der Waals surface area contributed by atoms with Gasteiger partial charge in [-0.2, -0.15) is 0 Å². The lowest BCUT2D eigenvalue weighted by Gasteiger charge is -2.08. The van der Waals surface area contributed by atoms with Crippen molar-refractivity contribution in [2.75, 3.05) is 5.32 Å². The molecule has 7 heteroatoms. The van der Waals surface area contributed by atoms with E-state index >= 15 is 0 Å². The molecule has 0 aliphatic rings. The lowest BCUT2D eigenvalue weighted by Crippen LogP contribution is -2.22. The normalized spacial score (nSPS) is 11.4. The van der Waals surface area contributed by atoms with Gasteiger partial charge in [0, 0.05) is 11.8 Å². The molecule has 0 spiro atoms. The highest BCUT2D eigenvalue weighted by atomic mass is 35.5. The molecule has 0 unspecified atom stereocenters. The summed E-state index contributed by atoms with van der Waals surface area (Å²) in [4.78, 5) is 28.9. The summed E-state index contributed by atoms with van der Waals surface area (Å²) in [6, 6.07) is 15.6. The van der Waals surface area contributed by atoms with Gasteiger partial charge in [0.2, 0.25) is 0 Å². The first kappa shape index (κ1) is 17.7. The standard InChI is InChI=1S/C19H15ClN2O4/c1-2-17(23)26-22-19-13(11-12-7-3-6-10-16(12)25-19)18(24)21-15-9-5-4-8-14(15)20/h3-11H,2H2,1H3,(H,21,24). The van der Waals surface area contributed by atoms with Crippen molar-refractivity contribution >= 4 is 40.1 Å². The zero-order chi connectivity index (χ0) is 18.5. The monoisotopic (exact) mass is 370 g/mol. The topological polar surface area (TPSA) is 80.9 Å². The Morgan fingerprint density at radius 3 is 2.65 bits per heavy atom. The highest BCUT2D eigenvalue weighted by Crippen LogP contribution is 2.21. The van der Waals surface area contributed by atoms with E-state index in [9.17, 15) is 9.59 Å². The summed E-state index contributed by atoms with van der Waals surface area (Å²) in [5, 5.41) is 7.51. The highest BCUT2D eigenvalue weighted by Gasteiger charge is 2.15. The number of carbonyl (C=O) groups excluding carboxylic acids is 2. The van der Waals surface area contributed by atoms with Crippen LogP contribution >= 0.6 is 11.6 Å². The second-order valence-electron chi connectivity index (χ2n) is 5.35. The summed E-state index contributed by atoms with van der Waals surface area (Å²) in [7, 11) is 0. The van der Waals surface area contributed by atoms with Crippen LogP contribution in [0, 0.1) is 0 Å². The fourth-order valence-electron chi connectivity index (χ4n) is 2.21. The maximum absolute atomic E-state index is 12.7. The SMILES string of the molecule is CCC(=O)ON=c1oc2ccccc2cc1C(=O)Nc1ccccc1Cl. The zero-order valence-electron chi connectivity index (χ0n) is 13.9. The Hall–Kier alpha value is -3.12. The fourth-order valence-corrected chi connectivity index (χ4v) is 2.39. The van der Waals surface area contributed by atoms with Crippen LogP contribution in [0.25, 0.3) is 11.0 Å². The summed E-state index contributed by atoms with van der Waals surface area (Å²) >= 11 is 6.08. The molecule has 1 heterocycles. The van der Waals surface area contributed by atoms with Crippen LogP contribution in [0.4, 0.5) is 5.69 Å². The molecule has 0 saturated heterocycles. The summed E-state index contributed by atoms with van der Waals surface area (Å²) < 4.78 is 5.64. The second-order valence-corrected chi connectivity index (χ2v) is 5.75. The van der Waals surface area contributed by atoms with Gasteiger partial charge in [0.15, 0.2) is 0 Å². The molecule has 1 N–H and O–H groups in total. The van der Waals surface area contributed by atoms with Gasteiger partial charge in [-0.25, -0.2) is 4.79 Å². The third-order valence-electron chi connectivity index (χ3n) is 3.54. The number of hydrogen-bond acceptors (Lipinski definition) is 5. The molecule has 6 nitrogen and oxygen atoms in total. The van der Waals surface area contributed by atoms with Crippen molar-refractivity contribution in [3.63, 3.8) is 0 Å². The molecule has 0 atom stereocenters. The molecule has 0 aliphatic heterocycles. The van der Waals surface area contributed by atoms with Crippen LogP contribution in [-0.2, 0) is 9.63 Å². The number of nitrogens with zero attached hydrogens (tertiary/aromatic N) is 1. The summed E-state index contributed by atoms with van der Waals surface area (Å²) in [5.41, 5.74) is 0.972. The maximum Gasteiger partial charge on any atom is 0.334 e. The summed E-state index contributed by atoms with van der Waals surface area (Å²) in [6.45, 7) is 1.64. The molecule has 132 valence electrons. The molecule has 0 fully saturated rings. The molecule has 0 saturated carbocycles. The number of rotatable bonds is 4. The molecular weight excluding hydrogens is 356 g/mol. The Morgan fingerprint density at radius 2 is 1.88 bits per heavy atom. The van der Waals surface area contributed by atoms with Gasteiger partial charge in [-0.1, -0.05) is 48.9 Å². The van der Waals surface area contributed by atoms with Crippen molar-refractivity contribution in [1.82, 2.24) is 0 Å². The van der Waals surface area contributed by atoms with Crippen molar-refractivity contribution < 1.29 is 18.8 Å². The van der Waals surface area contributed by atoms with E-state index in [4.69, 9.17) is 20.9 Å². The van der Waals surface area contributed by atoms with E-state index in [1.807, 2.05) is 6.07 Å². The van der Waals surface area contributed by atoms with E-state index in [1.54, 1.807) is 55.5 Å². The number of benzene rings is 2. The third-order valence-corrected chi connectivity index (χ3v) is 3.87. The molecule has 0 radical (unpaired) electrons. The Bertz CT molecular complexity index is 1040. The molecule has 3 rings (SSSR count). The van der Waals surface area contributed by atoms with Gasteiger partial charge in [-0.15, -0.1) is 0 Å². The molecule has 2 aromatic carbocycles. The Kier molecular flexibility index (Phi) is 5.34. The first-order valence-electron chi connectivity index (χ1n) is 7.91.